The largest absolute Gasteiger partial charge is 0.499 e. The van der Waals surface area contributed by atoms with E-state index in [-0.39, 0.29) is 0 Å². The van der Waals surface area contributed by atoms with E-state index in [0.717, 1.165) is 17.3 Å². The Morgan fingerprint density at radius 3 is 2.75 bits per heavy atom. The van der Waals surface area contributed by atoms with Gasteiger partial charge in [0.2, 0.25) is 0 Å². The minimum absolute atomic E-state index is 0.403. The monoisotopic (exact) mass is 293 g/mol. The summed E-state index contributed by atoms with van der Waals surface area (Å²) in [7, 11) is 1.76. The highest BCUT2D eigenvalue weighted by Crippen LogP contribution is 2.16. The van der Waals surface area contributed by atoms with Gasteiger partial charge in [-0.1, -0.05) is 0 Å². The highest BCUT2D eigenvalue weighted by atomic mass is 32.1. The number of carbonyl (C=O) groups excluding carboxylic acids is 1. The molecule has 8 heteroatoms. The number of nitrogens with one attached hydrogen (secondary N) is 1. The molecule has 0 bridgehead atoms. The van der Waals surface area contributed by atoms with Crippen LogP contribution in [0.4, 0.5) is 0 Å². The normalized spacial score (nSPS) is 11.1. The molecule has 0 saturated heterocycles. The van der Waals surface area contributed by atoms with E-state index in [9.17, 15) is 19.5 Å². The lowest BCUT2D eigenvalue weighted by atomic mass is 10.1. The van der Waals surface area contributed by atoms with E-state index in [4.69, 9.17) is 0 Å². The highest BCUT2D eigenvalue weighted by Gasteiger charge is 2.15. The van der Waals surface area contributed by atoms with E-state index < -0.39 is 26.8 Å². The summed E-state index contributed by atoms with van der Waals surface area (Å²) < 4.78 is 1.64. The van der Waals surface area contributed by atoms with Crippen molar-refractivity contribution in [3.63, 3.8) is 0 Å². The Bertz CT molecular complexity index is 813. The molecular weight excluding hydrogens is 282 g/mol. The number of rotatable bonds is 3. The molecule has 0 fully saturated rings. The van der Waals surface area contributed by atoms with Gasteiger partial charge in [0, 0.05) is 18.3 Å². The summed E-state index contributed by atoms with van der Waals surface area (Å²) in [6.45, 7) is 1.83. The summed E-state index contributed by atoms with van der Waals surface area (Å²) in [4.78, 5) is 35.6. The number of H-pyrrole nitrogens is 1. The molecule has 0 saturated carbocycles. The van der Waals surface area contributed by atoms with Crippen LogP contribution >= 0.6 is 11.3 Å². The first-order chi connectivity index (χ1) is 9.40. The molecule has 0 aliphatic heterocycles. The van der Waals surface area contributed by atoms with E-state index in [1.165, 1.54) is 6.08 Å². The van der Waals surface area contributed by atoms with Gasteiger partial charge in [-0.05, 0) is 30.4 Å². The van der Waals surface area contributed by atoms with Crippen molar-refractivity contribution in [3.8, 4) is 5.06 Å². The van der Waals surface area contributed by atoms with Crippen LogP contribution in [0.1, 0.15) is 21.6 Å². The van der Waals surface area contributed by atoms with Crippen LogP contribution in [-0.4, -0.2) is 25.7 Å². The zero-order valence-electron chi connectivity index (χ0n) is 10.7. The van der Waals surface area contributed by atoms with Gasteiger partial charge in [0.1, 0.15) is 5.56 Å². The molecule has 0 radical (unpaired) electrons. The predicted octanol–water partition coefficient (Wildman–Crippen LogP) is 0.440. The van der Waals surface area contributed by atoms with Crippen molar-refractivity contribution < 1.29 is 9.90 Å². The molecule has 0 aliphatic carbocycles. The van der Waals surface area contributed by atoms with Crippen molar-refractivity contribution in [2.75, 3.05) is 0 Å². The molecule has 20 heavy (non-hydrogen) atoms. The molecular formula is C12H11N3O4S. The quantitative estimate of drug-likeness (QED) is 0.631. The second-order valence-electron chi connectivity index (χ2n) is 4.03. The third kappa shape index (κ3) is 2.59. The van der Waals surface area contributed by atoms with Gasteiger partial charge in [0.25, 0.3) is 5.56 Å². The molecule has 2 aromatic rings. The van der Waals surface area contributed by atoms with Gasteiger partial charge in [-0.25, -0.2) is 0 Å². The number of aromatic amines is 1. The molecule has 0 amide bonds. The summed E-state index contributed by atoms with van der Waals surface area (Å²) in [5, 5.41) is 13.0. The number of aromatic hydroxyl groups is 1. The second kappa shape index (κ2) is 5.25. The Morgan fingerprint density at radius 2 is 2.20 bits per heavy atom. The average Bonchev–Trinajstić information content (AvgIpc) is 2.66. The van der Waals surface area contributed by atoms with Gasteiger partial charge >= 0.3 is 4.87 Å². The highest BCUT2D eigenvalue weighted by molar-refractivity contribution is 7.11. The summed E-state index contributed by atoms with van der Waals surface area (Å²) in [6.07, 6.45) is 4.23. The summed E-state index contributed by atoms with van der Waals surface area (Å²) in [5.74, 6) is -0.678. The Kier molecular flexibility index (Phi) is 3.66. The molecule has 2 N–H and O–H groups in total. The van der Waals surface area contributed by atoms with E-state index in [0.29, 0.717) is 11.3 Å². The fraction of sp³-hybridized carbons (Fsp3) is 0.167. The SMILES string of the molecule is Cc1c(/C=C/C(=O)c2c(O)sc(=O)[nH]c2=O)cnn1C. The molecule has 104 valence electrons. The first-order valence-electron chi connectivity index (χ1n) is 5.57. The number of nitrogens with zero attached hydrogens (tertiary/aromatic N) is 2. The first-order valence-corrected chi connectivity index (χ1v) is 6.39. The maximum Gasteiger partial charge on any atom is 0.310 e. The molecule has 7 nitrogen and oxygen atoms in total. The summed E-state index contributed by atoms with van der Waals surface area (Å²) in [6, 6.07) is 0. The number of hydrogen-bond acceptors (Lipinski definition) is 6. The average molecular weight is 293 g/mol. The predicted molar refractivity (Wildman–Crippen MR) is 74.2 cm³/mol. The van der Waals surface area contributed by atoms with Crippen molar-refractivity contribution in [1.82, 2.24) is 14.8 Å². The topological polar surface area (TPSA) is 105 Å². The molecule has 0 aromatic carbocycles. The van der Waals surface area contributed by atoms with Crippen molar-refractivity contribution in [2.24, 2.45) is 7.05 Å². The lowest BCUT2D eigenvalue weighted by Crippen LogP contribution is -2.22. The maximum atomic E-state index is 11.9. The Balaban J connectivity index is 2.36. The third-order valence-electron chi connectivity index (χ3n) is 2.78. The van der Waals surface area contributed by atoms with Crippen LogP contribution in [0.5, 0.6) is 5.06 Å². The van der Waals surface area contributed by atoms with Gasteiger partial charge < -0.3 is 5.11 Å². The number of ketones is 1. The fourth-order valence-corrected chi connectivity index (χ4v) is 2.18. The van der Waals surface area contributed by atoms with Gasteiger partial charge in [0.05, 0.1) is 6.20 Å². The van der Waals surface area contributed by atoms with Crippen LogP contribution in [0.3, 0.4) is 0 Å². The third-order valence-corrected chi connectivity index (χ3v) is 3.46. The Morgan fingerprint density at radius 1 is 1.50 bits per heavy atom. The van der Waals surface area contributed by atoms with Crippen LogP contribution in [0, 0.1) is 6.92 Å². The molecule has 2 aromatic heterocycles. The van der Waals surface area contributed by atoms with Crippen molar-refractivity contribution in [2.45, 2.75) is 6.92 Å². The first kappa shape index (κ1) is 13.9. The van der Waals surface area contributed by atoms with E-state index >= 15 is 0 Å². The molecule has 0 spiro atoms. The number of hydrogen-bond donors (Lipinski definition) is 2. The minimum atomic E-state index is -0.899. The van der Waals surface area contributed by atoms with E-state index in [1.54, 1.807) is 17.9 Å². The number of aryl methyl sites for hydroxylation is 1. The molecule has 2 rings (SSSR count). The Labute approximate surface area is 116 Å². The molecule has 0 atom stereocenters. The van der Waals surface area contributed by atoms with Crippen LogP contribution in [0.15, 0.2) is 21.9 Å². The number of aromatic nitrogens is 3. The second-order valence-corrected chi connectivity index (χ2v) is 4.99. The van der Waals surface area contributed by atoms with Crippen molar-refractivity contribution in [1.29, 1.82) is 0 Å². The van der Waals surface area contributed by atoms with Gasteiger partial charge in [0.15, 0.2) is 10.8 Å². The van der Waals surface area contributed by atoms with Gasteiger partial charge in [-0.2, -0.15) is 5.10 Å². The maximum absolute atomic E-state index is 11.9. The summed E-state index contributed by atoms with van der Waals surface area (Å²) in [5.41, 5.74) is 0.238. The lowest BCUT2D eigenvalue weighted by Gasteiger charge is -1.97. The van der Waals surface area contributed by atoms with E-state index in [2.05, 4.69) is 5.10 Å². The van der Waals surface area contributed by atoms with Crippen molar-refractivity contribution in [3.05, 3.63) is 49.1 Å². The number of allylic oxidation sites excluding steroid dienone is 1. The van der Waals surface area contributed by atoms with Crippen molar-refractivity contribution >= 4 is 23.2 Å². The van der Waals surface area contributed by atoms with Crippen LogP contribution in [-0.2, 0) is 7.05 Å². The summed E-state index contributed by atoms with van der Waals surface area (Å²) >= 11 is 0.403. The van der Waals surface area contributed by atoms with Crippen LogP contribution in [0.25, 0.3) is 6.08 Å². The number of carbonyl (C=O) groups is 1. The Hall–Kier alpha value is -2.48. The lowest BCUT2D eigenvalue weighted by molar-refractivity contribution is 0.104. The van der Waals surface area contributed by atoms with Crippen LogP contribution in [0.2, 0.25) is 0 Å². The minimum Gasteiger partial charge on any atom is -0.499 e. The molecule has 2 heterocycles. The smallest absolute Gasteiger partial charge is 0.310 e. The zero-order chi connectivity index (χ0) is 14.9. The zero-order valence-corrected chi connectivity index (χ0v) is 11.5. The fourth-order valence-electron chi connectivity index (χ4n) is 1.56. The molecule has 0 aliphatic rings. The van der Waals surface area contributed by atoms with Gasteiger partial charge in [-0.15, -0.1) is 0 Å². The molecule has 0 unspecified atom stereocenters. The van der Waals surface area contributed by atoms with E-state index in [1.807, 2.05) is 11.9 Å². The van der Waals surface area contributed by atoms with Crippen LogP contribution < -0.4 is 10.4 Å². The standard InChI is InChI=1S/C12H11N3O4S/c1-6-7(5-13-15(6)2)3-4-8(16)9-10(17)14-12(19)20-11(9)18/h3-5,18H,1-2H3,(H,14,17,19)/b4-3+. The van der Waals surface area contributed by atoms with Gasteiger partial charge in [-0.3, -0.25) is 24.0 Å².